The predicted molar refractivity (Wildman–Crippen MR) is 85.9 cm³/mol. The molecule has 1 aromatic carbocycles. The zero-order valence-corrected chi connectivity index (χ0v) is 12.8. The van der Waals surface area contributed by atoms with Gasteiger partial charge in [-0.3, -0.25) is 4.79 Å². The van der Waals surface area contributed by atoms with E-state index in [1.165, 1.54) is 11.3 Å². The number of rotatable bonds is 3. The molecule has 0 saturated heterocycles. The smallest absolute Gasteiger partial charge is 0.263 e. The summed E-state index contributed by atoms with van der Waals surface area (Å²) in [6, 6.07) is 9.10. The molecule has 0 aliphatic carbocycles. The van der Waals surface area contributed by atoms with Crippen LogP contribution in [0.2, 0.25) is 5.02 Å². The molecule has 0 aliphatic rings. The molecule has 0 fully saturated rings. The van der Waals surface area contributed by atoms with Crippen LogP contribution in [-0.4, -0.2) is 5.91 Å². The summed E-state index contributed by atoms with van der Waals surface area (Å²) in [7, 11) is 0. The number of furan rings is 1. The summed E-state index contributed by atoms with van der Waals surface area (Å²) in [5.41, 5.74) is 6.53. The molecule has 0 spiro atoms. The molecule has 3 aromatic rings. The van der Waals surface area contributed by atoms with Gasteiger partial charge >= 0.3 is 0 Å². The van der Waals surface area contributed by atoms with Crippen molar-refractivity contribution >= 4 is 44.6 Å². The highest BCUT2D eigenvalue weighted by Gasteiger charge is 2.16. The highest BCUT2D eigenvalue weighted by Crippen LogP contribution is 2.35. The number of nitrogens with two attached hydrogens (primary N) is 1. The van der Waals surface area contributed by atoms with Crippen molar-refractivity contribution in [1.29, 1.82) is 0 Å². The molecule has 0 unspecified atom stereocenters. The van der Waals surface area contributed by atoms with Crippen LogP contribution in [0.4, 0.5) is 5.69 Å². The SMILES string of the molecule is Cc1ccc(CNC(=O)c2sc3cc(Cl)ccc3c2N)o1. The van der Waals surface area contributed by atoms with Gasteiger partial charge in [-0.15, -0.1) is 11.3 Å². The minimum absolute atomic E-state index is 0.209. The first-order valence-electron chi connectivity index (χ1n) is 6.35. The molecule has 2 heterocycles. The molecule has 0 bridgehead atoms. The zero-order chi connectivity index (χ0) is 15.0. The Morgan fingerprint density at radius 2 is 2.19 bits per heavy atom. The molecule has 108 valence electrons. The number of benzene rings is 1. The number of aryl methyl sites for hydroxylation is 1. The number of hydrogen-bond acceptors (Lipinski definition) is 4. The monoisotopic (exact) mass is 320 g/mol. The Labute approximate surface area is 130 Å². The van der Waals surface area contributed by atoms with Gasteiger partial charge in [-0.2, -0.15) is 0 Å². The summed E-state index contributed by atoms with van der Waals surface area (Å²) in [5, 5.41) is 4.29. The second-order valence-corrected chi connectivity index (χ2v) is 6.17. The van der Waals surface area contributed by atoms with Gasteiger partial charge in [0.1, 0.15) is 16.4 Å². The van der Waals surface area contributed by atoms with Gasteiger partial charge < -0.3 is 15.5 Å². The van der Waals surface area contributed by atoms with Crippen molar-refractivity contribution < 1.29 is 9.21 Å². The summed E-state index contributed by atoms with van der Waals surface area (Å²) < 4.78 is 6.32. The van der Waals surface area contributed by atoms with Gasteiger partial charge in [-0.05, 0) is 37.3 Å². The fraction of sp³-hybridized carbons (Fsp3) is 0.133. The van der Waals surface area contributed by atoms with Gasteiger partial charge in [-0.1, -0.05) is 11.6 Å². The molecular formula is C15H13ClN2O2S. The fourth-order valence-corrected chi connectivity index (χ4v) is 3.40. The quantitative estimate of drug-likeness (QED) is 0.767. The summed E-state index contributed by atoms with van der Waals surface area (Å²) >= 11 is 7.29. The molecule has 21 heavy (non-hydrogen) atoms. The number of nitrogens with one attached hydrogen (secondary N) is 1. The Kier molecular flexibility index (Phi) is 3.61. The van der Waals surface area contributed by atoms with Gasteiger partial charge in [0.15, 0.2) is 0 Å². The number of carbonyl (C=O) groups excluding carboxylic acids is 1. The van der Waals surface area contributed by atoms with Crippen LogP contribution in [0.25, 0.3) is 10.1 Å². The first-order valence-corrected chi connectivity index (χ1v) is 7.55. The molecule has 0 saturated carbocycles. The number of thiophene rings is 1. The van der Waals surface area contributed by atoms with Gasteiger partial charge in [0.2, 0.25) is 0 Å². The third kappa shape index (κ3) is 2.75. The van der Waals surface area contributed by atoms with Crippen LogP contribution in [-0.2, 0) is 6.54 Å². The normalized spacial score (nSPS) is 11.0. The lowest BCUT2D eigenvalue weighted by Crippen LogP contribution is -2.22. The Morgan fingerprint density at radius 1 is 1.38 bits per heavy atom. The van der Waals surface area contributed by atoms with Crippen molar-refractivity contribution in [2.45, 2.75) is 13.5 Å². The molecule has 3 rings (SSSR count). The minimum atomic E-state index is -0.209. The Bertz CT molecular complexity index is 822. The zero-order valence-electron chi connectivity index (χ0n) is 11.3. The van der Waals surface area contributed by atoms with E-state index < -0.39 is 0 Å². The van der Waals surface area contributed by atoms with E-state index in [0.29, 0.717) is 27.9 Å². The third-order valence-electron chi connectivity index (χ3n) is 3.12. The van der Waals surface area contributed by atoms with E-state index in [1.54, 1.807) is 6.07 Å². The van der Waals surface area contributed by atoms with Crippen molar-refractivity contribution in [3.05, 3.63) is 51.8 Å². The van der Waals surface area contributed by atoms with E-state index in [-0.39, 0.29) is 5.91 Å². The molecule has 0 aliphatic heterocycles. The number of fused-ring (bicyclic) bond motifs is 1. The first-order chi connectivity index (χ1) is 10.0. The maximum atomic E-state index is 12.2. The predicted octanol–water partition coefficient (Wildman–Crippen LogP) is 3.97. The summed E-state index contributed by atoms with van der Waals surface area (Å²) in [6.07, 6.45) is 0. The number of nitrogen functional groups attached to an aromatic ring is 1. The second kappa shape index (κ2) is 5.42. The van der Waals surface area contributed by atoms with Crippen molar-refractivity contribution in [2.75, 3.05) is 5.73 Å². The van der Waals surface area contributed by atoms with E-state index >= 15 is 0 Å². The summed E-state index contributed by atoms with van der Waals surface area (Å²) in [6.45, 7) is 2.19. The molecule has 6 heteroatoms. The van der Waals surface area contributed by atoms with Crippen LogP contribution < -0.4 is 11.1 Å². The topological polar surface area (TPSA) is 68.3 Å². The number of anilines is 1. The van der Waals surface area contributed by atoms with Crippen LogP contribution >= 0.6 is 22.9 Å². The van der Waals surface area contributed by atoms with Crippen molar-refractivity contribution in [3.63, 3.8) is 0 Å². The van der Waals surface area contributed by atoms with Crippen LogP contribution in [0.1, 0.15) is 21.2 Å². The average molecular weight is 321 g/mol. The van der Waals surface area contributed by atoms with Crippen molar-refractivity contribution in [2.24, 2.45) is 0 Å². The van der Waals surface area contributed by atoms with Gasteiger partial charge in [-0.25, -0.2) is 0 Å². The van der Waals surface area contributed by atoms with Gasteiger partial charge in [0, 0.05) is 15.1 Å². The second-order valence-electron chi connectivity index (χ2n) is 4.68. The number of halogens is 1. The molecule has 1 amide bonds. The lowest BCUT2D eigenvalue weighted by atomic mass is 10.2. The fourth-order valence-electron chi connectivity index (χ4n) is 2.09. The first kappa shape index (κ1) is 14.0. The van der Waals surface area contributed by atoms with E-state index in [2.05, 4.69) is 5.32 Å². The molecule has 4 nitrogen and oxygen atoms in total. The molecular weight excluding hydrogens is 308 g/mol. The van der Waals surface area contributed by atoms with Gasteiger partial charge in [0.05, 0.1) is 12.2 Å². The highest BCUT2D eigenvalue weighted by atomic mass is 35.5. The van der Waals surface area contributed by atoms with E-state index in [0.717, 1.165) is 15.8 Å². The van der Waals surface area contributed by atoms with Crippen LogP contribution in [0, 0.1) is 6.92 Å². The molecule has 2 aromatic heterocycles. The molecule has 0 radical (unpaired) electrons. The molecule has 0 atom stereocenters. The summed E-state index contributed by atoms with van der Waals surface area (Å²) in [4.78, 5) is 12.7. The lowest BCUT2D eigenvalue weighted by Gasteiger charge is -2.02. The Morgan fingerprint density at radius 3 is 2.90 bits per heavy atom. The lowest BCUT2D eigenvalue weighted by molar-refractivity contribution is 0.0953. The number of amides is 1. The van der Waals surface area contributed by atoms with Crippen LogP contribution in [0.15, 0.2) is 34.7 Å². The Balaban J connectivity index is 1.82. The highest BCUT2D eigenvalue weighted by molar-refractivity contribution is 7.21. The average Bonchev–Trinajstić information content (AvgIpc) is 3.00. The Hall–Kier alpha value is -1.98. The van der Waals surface area contributed by atoms with Crippen LogP contribution in [0.3, 0.4) is 0 Å². The molecule has 3 N–H and O–H groups in total. The van der Waals surface area contributed by atoms with Crippen molar-refractivity contribution in [3.8, 4) is 0 Å². The third-order valence-corrected chi connectivity index (χ3v) is 4.52. The number of carbonyl (C=O) groups is 1. The maximum Gasteiger partial charge on any atom is 0.263 e. The number of hydrogen-bond donors (Lipinski definition) is 2. The summed E-state index contributed by atoms with van der Waals surface area (Å²) in [5.74, 6) is 1.32. The van der Waals surface area contributed by atoms with Gasteiger partial charge in [0.25, 0.3) is 5.91 Å². The maximum absolute atomic E-state index is 12.2. The van der Waals surface area contributed by atoms with Crippen LogP contribution in [0.5, 0.6) is 0 Å². The minimum Gasteiger partial charge on any atom is -0.465 e. The van der Waals surface area contributed by atoms with Crippen molar-refractivity contribution in [1.82, 2.24) is 5.32 Å². The largest absolute Gasteiger partial charge is 0.465 e. The standard InChI is InChI=1S/C15H13ClN2O2S/c1-8-2-4-10(20-8)7-18-15(19)14-13(17)11-5-3-9(16)6-12(11)21-14/h2-6H,7,17H2,1H3,(H,18,19). The van der Waals surface area contributed by atoms with E-state index in [1.807, 2.05) is 31.2 Å². The van der Waals surface area contributed by atoms with E-state index in [9.17, 15) is 4.79 Å². The van der Waals surface area contributed by atoms with E-state index in [4.69, 9.17) is 21.8 Å².